The third kappa shape index (κ3) is 3.75. The van der Waals surface area contributed by atoms with E-state index in [4.69, 9.17) is 0 Å². The molecule has 1 amide bonds. The van der Waals surface area contributed by atoms with Gasteiger partial charge in [-0.2, -0.15) is 0 Å². The lowest BCUT2D eigenvalue weighted by atomic mass is 10.1. The van der Waals surface area contributed by atoms with Crippen LogP contribution in [0.1, 0.15) is 24.5 Å². The van der Waals surface area contributed by atoms with E-state index in [9.17, 15) is 9.90 Å². The number of hydrogen-bond acceptors (Lipinski definition) is 3. The first-order valence-corrected chi connectivity index (χ1v) is 5.86. The van der Waals surface area contributed by atoms with Crippen molar-refractivity contribution in [3.8, 4) is 5.75 Å². The molecular weight excluding hydrogens is 216 g/mol. The van der Waals surface area contributed by atoms with Crippen molar-refractivity contribution < 1.29 is 9.90 Å². The van der Waals surface area contributed by atoms with E-state index in [1.54, 1.807) is 19.1 Å². The molecule has 0 aliphatic heterocycles. The summed E-state index contributed by atoms with van der Waals surface area (Å²) < 4.78 is 0. The first-order chi connectivity index (χ1) is 8.06. The van der Waals surface area contributed by atoms with Crippen molar-refractivity contribution in [1.82, 2.24) is 5.32 Å². The van der Waals surface area contributed by atoms with E-state index in [1.807, 2.05) is 13.8 Å². The summed E-state index contributed by atoms with van der Waals surface area (Å²) in [4.78, 5) is 11.7. The van der Waals surface area contributed by atoms with Crippen LogP contribution in [0.3, 0.4) is 0 Å². The van der Waals surface area contributed by atoms with Crippen LogP contribution in [0.5, 0.6) is 5.75 Å². The highest BCUT2D eigenvalue weighted by molar-refractivity contribution is 5.92. The van der Waals surface area contributed by atoms with Crippen LogP contribution in [-0.4, -0.2) is 24.1 Å². The number of aromatic hydroxyl groups is 1. The molecule has 0 radical (unpaired) electrons. The maximum Gasteiger partial charge on any atom is 0.225 e. The summed E-state index contributed by atoms with van der Waals surface area (Å²) in [5.41, 5.74) is 2.38. The van der Waals surface area contributed by atoms with E-state index in [1.165, 1.54) is 0 Å². The second-order valence-corrected chi connectivity index (χ2v) is 4.05. The molecule has 1 rings (SSSR count). The molecule has 0 spiro atoms. The van der Waals surface area contributed by atoms with Crippen LogP contribution in [0, 0.1) is 13.8 Å². The van der Waals surface area contributed by atoms with Gasteiger partial charge in [0.1, 0.15) is 5.75 Å². The van der Waals surface area contributed by atoms with E-state index in [0.717, 1.165) is 12.1 Å². The maximum atomic E-state index is 11.7. The summed E-state index contributed by atoms with van der Waals surface area (Å²) in [6.07, 6.45) is 0.433. The first-order valence-electron chi connectivity index (χ1n) is 5.86. The third-order valence-corrected chi connectivity index (χ3v) is 2.69. The van der Waals surface area contributed by atoms with E-state index in [2.05, 4.69) is 10.6 Å². The average Bonchev–Trinajstić information content (AvgIpc) is 2.30. The fourth-order valence-electron chi connectivity index (χ4n) is 1.61. The van der Waals surface area contributed by atoms with Crippen LogP contribution in [0.15, 0.2) is 12.1 Å². The molecule has 0 aliphatic carbocycles. The van der Waals surface area contributed by atoms with Gasteiger partial charge in [-0.3, -0.25) is 4.79 Å². The molecule has 4 heteroatoms. The van der Waals surface area contributed by atoms with Crippen molar-refractivity contribution >= 4 is 11.6 Å². The highest BCUT2D eigenvalue weighted by Crippen LogP contribution is 2.27. The van der Waals surface area contributed by atoms with Crippen molar-refractivity contribution in [3.05, 3.63) is 23.3 Å². The fraction of sp³-hybridized carbons (Fsp3) is 0.462. The van der Waals surface area contributed by atoms with Crippen molar-refractivity contribution in [2.75, 3.05) is 18.4 Å². The van der Waals surface area contributed by atoms with Crippen molar-refractivity contribution in [2.24, 2.45) is 0 Å². The number of carbonyl (C=O) groups is 1. The van der Waals surface area contributed by atoms with E-state index < -0.39 is 0 Å². The summed E-state index contributed by atoms with van der Waals surface area (Å²) in [7, 11) is 0. The zero-order valence-corrected chi connectivity index (χ0v) is 10.6. The van der Waals surface area contributed by atoms with Gasteiger partial charge >= 0.3 is 0 Å². The number of anilines is 1. The number of carbonyl (C=O) groups excluding carboxylic acids is 1. The molecule has 94 valence electrons. The Morgan fingerprint density at radius 1 is 1.35 bits per heavy atom. The Morgan fingerprint density at radius 3 is 2.71 bits per heavy atom. The van der Waals surface area contributed by atoms with E-state index >= 15 is 0 Å². The summed E-state index contributed by atoms with van der Waals surface area (Å²) in [5.74, 6) is 0.167. The van der Waals surface area contributed by atoms with Crippen LogP contribution < -0.4 is 10.6 Å². The molecule has 0 heterocycles. The van der Waals surface area contributed by atoms with Crippen molar-refractivity contribution in [2.45, 2.75) is 27.2 Å². The molecular formula is C13H20N2O2. The van der Waals surface area contributed by atoms with Gasteiger partial charge in [-0.15, -0.1) is 0 Å². The van der Waals surface area contributed by atoms with Crippen LogP contribution in [0.4, 0.5) is 5.69 Å². The fourth-order valence-corrected chi connectivity index (χ4v) is 1.61. The van der Waals surface area contributed by atoms with Gasteiger partial charge in [-0.1, -0.05) is 13.0 Å². The van der Waals surface area contributed by atoms with E-state index in [-0.39, 0.29) is 11.7 Å². The summed E-state index contributed by atoms with van der Waals surface area (Å²) >= 11 is 0. The van der Waals surface area contributed by atoms with Crippen molar-refractivity contribution in [3.63, 3.8) is 0 Å². The van der Waals surface area contributed by atoms with Gasteiger partial charge in [-0.05, 0) is 32.0 Å². The predicted octanol–water partition coefficient (Wildman–Crippen LogP) is 1.95. The second kappa shape index (κ2) is 6.25. The lowest BCUT2D eigenvalue weighted by molar-refractivity contribution is -0.116. The molecule has 0 saturated heterocycles. The van der Waals surface area contributed by atoms with Crippen LogP contribution in [0.2, 0.25) is 0 Å². The maximum absolute atomic E-state index is 11.7. The van der Waals surface area contributed by atoms with Gasteiger partial charge in [0.2, 0.25) is 5.91 Å². The number of benzene rings is 1. The Hall–Kier alpha value is -1.55. The SMILES string of the molecule is CCNCCC(=O)Nc1c(C)ccc(O)c1C. The molecule has 0 fully saturated rings. The van der Waals surface area contributed by atoms with Crippen LogP contribution in [-0.2, 0) is 4.79 Å². The topological polar surface area (TPSA) is 61.4 Å². The van der Waals surface area contributed by atoms with Gasteiger partial charge in [0.25, 0.3) is 0 Å². The standard InChI is InChI=1S/C13H20N2O2/c1-4-14-8-7-12(17)15-13-9(2)5-6-11(16)10(13)3/h5-6,14,16H,4,7-8H2,1-3H3,(H,15,17). The Morgan fingerprint density at radius 2 is 2.06 bits per heavy atom. The number of rotatable bonds is 5. The number of phenols is 1. The molecule has 0 unspecified atom stereocenters. The molecule has 0 aromatic heterocycles. The summed E-state index contributed by atoms with van der Waals surface area (Å²) in [6.45, 7) is 7.23. The average molecular weight is 236 g/mol. The van der Waals surface area contributed by atoms with Crippen molar-refractivity contribution in [1.29, 1.82) is 0 Å². The minimum Gasteiger partial charge on any atom is -0.508 e. The van der Waals surface area contributed by atoms with Gasteiger partial charge in [-0.25, -0.2) is 0 Å². The van der Waals surface area contributed by atoms with Gasteiger partial charge in [0, 0.05) is 18.5 Å². The molecule has 4 nitrogen and oxygen atoms in total. The molecule has 1 aromatic rings. The molecule has 17 heavy (non-hydrogen) atoms. The zero-order chi connectivity index (χ0) is 12.8. The van der Waals surface area contributed by atoms with Gasteiger partial charge < -0.3 is 15.7 Å². The number of aryl methyl sites for hydroxylation is 1. The highest BCUT2D eigenvalue weighted by atomic mass is 16.3. The lowest BCUT2D eigenvalue weighted by Gasteiger charge is -2.12. The lowest BCUT2D eigenvalue weighted by Crippen LogP contribution is -2.22. The Labute approximate surface area is 102 Å². The van der Waals surface area contributed by atoms with Crippen LogP contribution in [0.25, 0.3) is 0 Å². The van der Waals surface area contributed by atoms with Gasteiger partial charge in [0.05, 0.1) is 5.69 Å². The smallest absolute Gasteiger partial charge is 0.225 e. The second-order valence-electron chi connectivity index (χ2n) is 4.05. The number of phenolic OH excluding ortho intramolecular Hbond substituents is 1. The minimum absolute atomic E-state index is 0.0391. The number of nitrogens with one attached hydrogen (secondary N) is 2. The Balaban J connectivity index is 2.68. The number of amides is 1. The normalized spacial score (nSPS) is 10.3. The molecule has 0 saturated carbocycles. The summed E-state index contributed by atoms with van der Waals surface area (Å²) in [5, 5.41) is 15.5. The molecule has 1 aromatic carbocycles. The largest absolute Gasteiger partial charge is 0.508 e. The minimum atomic E-state index is -0.0391. The van der Waals surface area contributed by atoms with E-state index in [0.29, 0.717) is 24.2 Å². The molecule has 0 bridgehead atoms. The third-order valence-electron chi connectivity index (χ3n) is 2.69. The summed E-state index contributed by atoms with van der Waals surface area (Å²) in [6, 6.07) is 3.43. The Bertz CT molecular complexity index is 403. The molecule has 3 N–H and O–H groups in total. The Kier molecular flexibility index (Phi) is 4.97. The predicted molar refractivity (Wildman–Crippen MR) is 69.4 cm³/mol. The molecule has 0 aliphatic rings. The van der Waals surface area contributed by atoms with Crippen LogP contribution >= 0.6 is 0 Å². The quantitative estimate of drug-likeness (QED) is 0.685. The number of hydrogen-bond donors (Lipinski definition) is 3. The first kappa shape index (κ1) is 13.5. The monoisotopic (exact) mass is 236 g/mol. The zero-order valence-electron chi connectivity index (χ0n) is 10.6. The highest BCUT2D eigenvalue weighted by Gasteiger charge is 2.09. The molecule has 0 atom stereocenters. The van der Waals surface area contributed by atoms with Gasteiger partial charge in [0.15, 0.2) is 0 Å².